The van der Waals surface area contributed by atoms with Crippen LogP contribution in [0.3, 0.4) is 0 Å². The molecule has 1 nitrogen and oxygen atoms in total. The summed E-state index contributed by atoms with van der Waals surface area (Å²) >= 11 is 5.76. The maximum Gasteiger partial charge on any atom is 0.144 e. The lowest BCUT2D eigenvalue weighted by Crippen LogP contribution is -2.38. The van der Waals surface area contributed by atoms with E-state index in [2.05, 4.69) is 33.0 Å². The lowest BCUT2D eigenvalue weighted by atomic mass is 9.99. The van der Waals surface area contributed by atoms with E-state index in [1.165, 1.54) is 0 Å². The Morgan fingerprint density at radius 2 is 2.00 bits per heavy atom. The predicted molar refractivity (Wildman–Crippen MR) is 76.7 cm³/mol. The van der Waals surface area contributed by atoms with Crippen molar-refractivity contribution >= 4 is 11.6 Å². The van der Waals surface area contributed by atoms with Crippen molar-refractivity contribution in [2.24, 2.45) is 5.92 Å². The standard InChI is InChI=1S/C15H23ClFN/c1-11(10-18-15(2,3)4)8-9-12-6-5-7-13(16)14(12)17/h5-7,11,18H,8-10H2,1-4H3. The molecule has 3 heteroatoms. The zero-order valence-electron chi connectivity index (χ0n) is 11.7. The van der Waals surface area contributed by atoms with E-state index in [9.17, 15) is 4.39 Å². The minimum atomic E-state index is -0.268. The first kappa shape index (κ1) is 15.5. The average molecular weight is 272 g/mol. The zero-order valence-corrected chi connectivity index (χ0v) is 12.4. The molecule has 0 spiro atoms. The van der Waals surface area contributed by atoms with Gasteiger partial charge >= 0.3 is 0 Å². The Morgan fingerprint density at radius 1 is 1.33 bits per heavy atom. The molecular formula is C15H23ClFN. The molecule has 0 radical (unpaired) electrons. The molecule has 1 aromatic carbocycles. The predicted octanol–water partition coefficient (Wildman–Crippen LogP) is 4.44. The first-order chi connectivity index (χ1) is 8.29. The van der Waals surface area contributed by atoms with Gasteiger partial charge in [-0.05, 0) is 57.7 Å². The van der Waals surface area contributed by atoms with Crippen LogP contribution in [0.2, 0.25) is 5.02 Å². The first-order valence-corrected chi connectivity index (χ1v) is 6.85. The van der Waals surface area contributed by atoms with Crippen molar-refractivity contribution in [3.05, 3.63) is 34.6 Å². The molecule has 0 aliphatic rings. The van der Waals surface area contributed by atoms with Crippen LogP contribution in [0.1, 0.15) is 39.7 Å². The summed E-state index contributed by atoms with van der Waals surface area (Å²) in [6, 6.07) is 5.20. The third kappa shape index (κ3) is 5.36. The molecule has 1 N–H and O–H groups in total. The highest BCUT2D eigenvalue weighted by molar-refractivity contribution is 6.30. The van der Waals surface area contributed by atoms with Crippen LogP contribution in [0, 0.1) is 11.7 Å². The molecule has 1 atom stereocenters. The van der Waals surface area contributed by atoms with Crippen molar-refractivity contribution in [1.29, 1.82) is 0 Å². The summed E-state index contributed by atoms with van der Waals surface area (Å²) in [7, 11) is 0. The highest BCUT2D eigenvalue weighted by Crippen LogP contribution is 2.20. The minimum Gasteiger partial charge on any atom is -0.312 e. The van der Waals surface area contributed by atoms with Gasteiger partial charge in [0.25, 0.3) is 0 Å². The lowest BCUT2D eigenvalue weighted by molar-refractivity contribution is 0.372. The molecule has 0 aliphatic heterocycles. The number of hydrogen-bond acceptors (Lipinski definition) is 1. The van der Waals surface area contributed by atoms with Gasteiger partial charge in [0, 0.05) is 5.54 Å². The number of halogens is 2. The molecule has 0 fully saturated rings. The molecule has 0 aliphatic carbocycles. The van der Waals surface area contributed by atoms with Gasteiger partial charge in [-0.15, -0.1) is 0 Å². The quantitative estimate of drug-likeness (QED) is 0.835. The summed E-state index contributed by atoms with van der Waals surface area (Å²) in [6.45, 7) is 9.58. The maximum atomic E-state index is 13.7. The molecule has 0 aromatic heterocycles. The summed E-state index contributed by atoms with van der Waals surface area (Å²) in [5.41, 5.74) is 0.848. The van der Waals surface area contributed by atoms with E-state index in [1.54, 1.807) is 12.1 Å². The van der Waals surface area contributed by atoms with Gasteiger partial charge in [-0.3, -0.25) is 0 Å². The number of benzene rings is 1. The van der Waals surface area contributed by atoms with Gasteiger partial charge in [0.15, 0.2) is 0 Å². The van der Waals surface area contributed by atoms with Gasteiger partial charge in [0.1, 0.15) is 5.82 Å². The molecule has 0 heterocycles. The minimum absolute atomic E-state index is 0.134. The largest absolute Gasteiger partial charge is 0.312 e. The monoisotopic (exact) mass is 271 g/mol. The van der Waals surface area contributed by atoms with E-state index in [-0.39, 0.29) is 16.4 Å². The zero-order chi connectivity index (χ0) is 13.8. The van der Waals surface area contributed by atoms with E-state index in [0.29, 0.717) is 11.5 Å². The topological polar surface area (TPSA) is 12.0 Å². The van der Waals surface area contributed by atoms with Crippen LogP contribution in [-0.4, -0.2) is 12.1 Å². The van der Waals surface area contributed by atoms with E-state index < -0.39 is 0 Å². The fourth-order valence-electron chi connectivity index (χ4n) is 1.73. The van der Waals surface area contributed by atoms with E-state index in [1.807, 2.05) is 6.07 Å². The normalized spacial score (nSPS) is 13.7. The van der Waals surface area contributed by atoms with Gasteiger partial charge in [0.2, 0.25) is 0 Å². The second kappa shape index (κ2) is 6.53. The van der Waals surface area contributed by atoms with Crippen molar-refractivity contribution in [2.75, 3.05) is 6.54 Å². The molecule has 0 saturated heterocycles. The fourth-order valence-corrected chi connectivity index (χ4v) is 1.92. The van der Waals surface area contributed by atoms with Crippen LogP contribution in [0.4, 0.5) is 4.39 Å². The molecule has 102 valence electrons. The summed E-state index contributed by atoms with van der Waals surface area (Å²) in [5, 5.41) is 3.68. The third-order valence-corrected chi connectivity index (χ3v) is 3.21. The fraction of sp³-hybridized carbons (Fsp3) is 0.600. The lowest BCUT2D eigenvalue weighted by Gasteiger charge is -2.23. The Bertz CT molecular complexity index is 385. The Morgan fingerprint density at radius 3 is 2.61 bits per heavy atom. The van der Waals surface area contributed by atoms with Gasteiger partial charge < -0.3 is 5.32 Å². The van der Waals surface area contributed by atoms with E-state index in [0.717, 1.165) is 19.4 Å². The number of hydrogen-bond donors (Lipinski definition) is 1. The number of aryl methyl sites for hydroxylation is 1. The van der Waals surface area contributed by atoms with Crippen molar-refractivity contribution in [3.8, 4) is 0 Å². The molecule has 1 rings (SSSR count). The smallest absolute Gasteiger partial charge is 0.144 e. The molecule has 0 saturated carbocycles. The van der Waals surface area contributed by atoms with Crippen LogP contribution >= 0.6 is 11.6 Å². The van der Waals surface area contributed by atoms with E-state index in [4.69, 9.17) is 11.6 Å². The molecule has 18 heavy (non-hydrogen) atoms. The highest BCUT2D eigenvalue weighted by atomic mass is 35.5. The van der Waals surface area contributed by atoms with Gasteiger partial charge in [0.05, 0.1) is 5.02 Å². The van der Waals surface area contributed by atoms with Gasteiger partial charge in [-0.2, -0.15) is 0 Å². The number of rotatable bonds is 5. The molecular weight excluding hydrogens is 249 g/mol. The maximum absolute atomic E-state index is 13.7. The van der Waals surface area contributed by atoms with E-state index >= 15 is 0 Å². The van der Waals surface area contributed by atoms with Crippen molar-refractivity contribution in [2.45, 2.75) is 46.1 Å². The van der Waals surface area contributed by atoms with Crippen LogP contribution < -0.4 is 5.32 Å². The van der Waals surface area contributed by atoms with Crippen LogP contribution in [0.25, 0.3) is 0 Å². The molecule has 0 bridgehead atoms. The van der Waals surface area contributed by atoms with Gasteiger partial charge in [-0.25, -0.2) is 4.39 Å². The van der Waals surface area contributed by atoms with Crippen LogP contribution in [0.15, 0.2) is 18.2 Å². The molecule has 1 unspecified atom stereocenters. The average Bonchev–Trinajstić information content (AvgIpc) is 2.27. The third-order valence-electron chi connectivity index (χ3n) is 2.92. The Balaban J connectivity index is 2.43. The van der Waals surface area contributed by atoms with Crippen molar-refractivity contribution < 1.29 is 4.39 Å². The summed E-state index contributed by atoms with van der Waals surface area (Å²) in [6.07, 6.45) is 1.69. The van der Waals surface area contributed by atoms with Crippen LogP contribution in [-0.2, 0) is 6.42 Å². The summed E-state index contributed by atoms with van der Waals surface area (Å²) in [4.78, 5) is 0. The summed E-state index contributed by atoms with van der Waals surface area (Å²) < 4.78 is 13.7. The second-order valence-electron chi connectivity index (χ2n) is 5.99. The first-order valence-electron chi connectivity index (χ1n) is 6.47. The molecule has 1 aromatic rings. The van der Waals surface area contributed by atoms with Crippen molar-refractivity contribution in [3.63, 3.8) is 0 Å². The highest BCUT2D eigenvalue weighted by Gasteiger charge is 2.12. The van der Waals surface area contributed by atoms with Crippen molar-refractivity contribution in [1.82, 2.24) is 5.32 Å². The second-order valence-corrected chi connectivity index (χ2v) is 6.39. The number of nitrogens with one attached hydrogen (secondary N) is 1. The Hall–Kier alpha value is -0.600. The summed E-state index contributed by atoms with van der Waals surface area (Å²) in [5.74, 6) is 0.248. The molecule has 0 amide bonds. The SMILES string of the molecule is CC(CCc1cccc(Cl)c1F)CNC(C)(C)C. The Labute approximate surface area is 115 Å². The van der Waals surface area contributed by atoms with Gasteiger partial charge in [-0.1, -0.05) is 30.7 Å². The Kier molecular flexibility index (Phi) is 5.61. The van der Waals surface area contributed by atoms with Crippen LogP contribution in [0.5, 0.6) is 0 Å².